The molecule has 0 aliphatic heterocycles. The van der Waals surface area contributed by atoms with Gasteiger partial charge in [-0.05, 0) is 30.4 Å². The standard InChI is InChI=1S/C22H30N2O4S/c1-3-28-13-8-12-23(22(26)18-27-2)17-21(25)24(16-20-11-7-14-29-20)15-19-9-5-4-6-10-19/h4-7,9-11,14H,3,8,12-13,15-18H2,1-2H3. The first-order valence-electron chi connectivity index (χ1n) is 9.82. The highest BCUT2D eigenvalue weighted by atomic mass is 32.1. The average molecular weight is 419 g/mol. The van der Waals surface area contributed by atoms with Crippen molar-refractivity contribution in [3.05, 3.63) is 58.3 Å². The highest BCUT2D eigenvalue weighted by Crippen LogP contribution is 2.15. The first kappa shape index (κ1) is 23.1. The summed E-state index contributed by atoms with van der Waals surface area (Å²) in [6.07, 6.45) is 0.681. The molecule has 2 rings (SSSR count). The average Bonchev–Trinajstić information content (AvgIpc) is 3.24. The summed E-state index contributed by atoms with van der Waals surface area (Å²) in [6, 6.07) is 13.9. The van der Waals surface area contributed by atoms with Crippen LogP contribution in [0.15, 0.2) is 47.8 Å². The van der Waals surface area contributed by atoms with E-state index in [0.29, 0.717) is 39.3 Å². The Labute approximate surface area is 177 Å². The molecule has 0 fully saturated rings. The monoisotopic (exact) mass is 418 g/mol. The number of nitrogens with zero attached hydrogens (tertiary/aromatic N) is 2. The second kappa shape index (κ2) is 13.1. The second-order valence-corrected chi connectivity index (χ2v) is 7.65. The number of amides is 2. The summed E-state index contributed by atoms with van der Waals surface area (Å²) in [5.74, 6) is -0.267. The van der Waals surface area contributed by atoms with E-state index in [9.17, 15) is 9.59 Å². The number of hydrogen-bond donors (Lipinski definition) is 0. The van der Waals surface area contributed by atoms with Crippen LogP contribution in [0.5, 0.6) is 0 Å². The van der Waals surface area contributed by atoms with Crippen LogP contribution in [0.3, 0.4) is 0 Å². The van der Waals surface area contributed by atoms with Gasteiger partial charge in [-0.2, -0.15) is 0 Å². The molecular formula is C22H30N2O4S. The van der Waals surface area contributed by atoms with Gasteiger partial charge in [-0.15, -0.1) is 11.3 Å². The topological polar surface area (TPSA) is 59.1 Å². The molecule has 0 N–H and O–H groups in total. The molecule has 0 aliphatic carbocycles. The number of carbonyl (C=O) groups excluding carboxylic acids is 2. The largest absolute Gasteiger partial charge is 0.382 e. The zero-order chi connectivity index (χ0) is 20.9. The zero-order valence-corrected chi connectivity index (χ0v) is 18.0. The molecule has 2 aromatic rings. The first-order chi connectivity index (χ1) is 14.1. The minimum atomic E-state index is -0.187. The van der Waals surface area contributed by atoms with Gasteiger partial charge in [0.1, 0.15) is 6.61 Å². The van der Waals surface area contributed by atoms with E-state index in [1.54, 1.807) is 21.1 Å². The Morgan fingerprint density at radius 3 is 2.45 bits per heavy atom. The third-order valence-corrected chi connectivity index (χ3v) is 5.22. The maximum absolute atomic E-state index is 13.1. The number of carbonyl (C=O) groups is 2. The smallest absolute Gasteiger partial charge is 0.249 e. The van der Waals surface area contributed by atoms with Crippen LogP contribution < -0.4 is 0 Å². The van der Waals surface area contributed by atoms with Gasteiger partial charge >= 0.3 is 0 Å². The minimum absolute atomic E-state index is 0.0343. The molecule has 0 saturated carbocycles. The summed E-state index contributed by atoms with van der Waals surface area (Å²) in [7, 11) is 1.48. The Kier molecular flexibility index (Phi) is 10.4. The van der Waals surface area contributed by atoms with Crippen LogP contribution >= 0.6 is 11.3 Å². The number of hydrogen-bond acceptors (Lipinski definition) is 5. The second-order valence-electron chi connectivity index (χ2n) is 6.61. The molecule has 2 amide bonds. The van der Waals surface area contributed by atoms with Crippen LogP contribution in [0.2, 0.25) is 0 Å². The predicted octanol–water partition coefficient (Wildman–Crippen LogP) is 3.18. The van der Waals surface area contributed by atoms with Crippen molar-refractivity contribution in [3.8, 4) is 0 Å². The molecule has 1 heterocycles. The fourth-order valence-corrected chi connectivity index (χ4v) is 3.62. The number of benzene rings is 1. The van der Waals surface area contributed by atoms with Crippen molar-refractivity contribution in [1.29, 1.82) is 0 Å². The first-order valence-corrected chi connectivity index (χ1v) is 10.7. The molecule has 0 radical (unpaired) electrons. The van der Waals surface area contributed by atoms with Crippen LogP contribution in [-0.2, 0) is 32.2 Å². The van der Waals surface area contributed by atoms with E-state index in [1.807, 2.05) is 54.8 Å². The van der Waals surface area contributed by atoms with Crippen LogP contribution in [0.25, 0.3) is 0 Å². The molecular weight excluding hydrogens is 388 g/mol. The number of methoxy groups -OCH3 is 1. The Morgan fingerprint density at radius 1 is 1.00 bits per heavy atom. The number of rotatable bonds is 13. The predicted molar refractivity (Wildman–Crippen MR) is 115 cm³/mol. The lowest BCUT2D eigenvalue weighted by Crippen LogP contribution is -2.44. The third-order valence-electron chi connectivity index (χ3n) is 4.36. The molecule has 6 nitrogen and oxygen atoms in total. The van der Waals surface area contributed by atoms with Gasteiger partial charge in [-0.1, -0.05) is 36.4 Å². The summed E-state index contributed by atoms with van der Waals surface area (Å²) in [6.45, 7) is 4.62. The van der Waals surface area contributed by atoms with E-state index >= 15 is 0 Å². The van der Waals surface area contributed by atoms with Gasteiger partial charge in [0.15, 0.2) is 0 Å². The van der Waals surface area contributed by atoms with Gasteiger partial charge in [0.2, 0.25) is 11.8 Å². The maximum Gasteiger partial charge on any atom is 0.249 e. The van der Waals surface area contributed by atoms with Crippen molar-refractivity contribution < 1.29 is 19.1 Å². The van der Waals surface area contributed by atoms with E-state index in [0.717, 1.165) is 10.4 Å². The van der Waals surface area contributed by atoms with E-state index in [2.05, 4.69) is 0 Å². The summed E-state index contributed by atoms with van der Waals surface area (Å²) < 4.78 is 10.4. The van der Waals surface area contributed by atoms with Gasteiger partial charge < -0.3 is 19.3 Å². The summed E-state index contributed by atoms with van der Waals surface area (Å²) in [5.41, 5.74) is 1.06. The van der Waals surface area contributed by atoms with E-state index in [1.165, 1.54) is 7.11 Å². The van der Waals surface area contributed by atoms with Crippen molar-refractivity contribution in [2.75, 3.05) is 40.0 Å². The van der Waals surface area contributed by atoms with E-state index < -0.39 is 0 Å². The van der Waals surface area contributed by atoms with Crippen LogP contribution in [-0.4, -0.2) is 61.6 Å². The minimum Gasteiger partial charge on any atom is -0.382 e. The molecule has 0 aliphatic rings. The molecule has 7 heteroatoms. The van der Waals surface area contributed by atoms with Crippen molar-refractivity contribution >= 4 is 23.2 Å². The molecule has 0 bridgehead atoms. The Hall–Kier alpha value is -2.22. The van der Waals surface area contributed by atoms with Crippen molar-refractivity contribution in [2.45, 2.75) is 26.4 Å². The molecule has 29 heavy (non-hydrogen) atoms. The highest BCUT2D eigenvalue weighted by molar-refractivity contribution is 7.09. The number of ether oxygens (including phenoxy) is 2. The van der Waals surface area contributed by atoms with Crippen LogP contribution in [0.1, 0.15) is 23.8 Å². The molecule has 0 spiro atoms. The van der Waals surface area contributed by atoms with E-state index in [4.69, 9.17) is 9.47 Å². The van der Waals surface area contributed by atoms with Crippen molar-refractivity contribution in [1.82, 2.24) is 9.80 Å². The highest BCUT2D eigenvalue weighted by Gasteiger charge is 2.22. The lowest BCUT2D eigenvalue weighted by atomic mass is 10.2. The molecule has 1 aromatic heterocycles. The SMILES string of the molecule is CCOCCCN(CC(=O)N(Cc1ccccc1)Cc1cccs1)C(=O)COC. The third kappa shape index (κ3) is 8.35. The quantitative estimate of drug-likeness (QED) is 0.469. The van der Waals surface area contributed by atoms with Crippen molar-refractivity contribution in [2.24, 2.45) is 0 Å². The van der Waals surface area contributed by atoms with Gasteiger partial charge in [0.05, 0.1) is 13.1 Å². The Bertz CT molecular complexity index is 722. The lowest BCUT2D eigenvalue weighted by Gasteiger charge is -2.27. The Morgan fingerprint density at radius 2 is 1.79 bits per heavy atom. The van der Waals surface area contributed by atoms with Crippen LogP contribution in [0.4, 0.5) is 0 Å². The summed E-state index contributed by atoms with van der Waals surface area (Å²) in [5, 5.41) is 2.00. The molecule has 0 saturated heterocycles. The van der Waals surface area contributed by atoms with Crippen LogP contribution in [0, 0.1) is 0 Å². The van der Waals surface area contributed by atoms with Crippen molar-refractivity contribution in [3.63, 3.8) is 0 Å². The fraction of sp³-hybridized carbons (Fsp3) is 0.455. The lowest BCUT2D eigenvalue weighted by molar-refractivity contribution is -0.143. The van der Waals surface area contributed by atoms with Gasteiger partial charge in [-0.25, -0.2) is 0 Å². The van der Waals surface area contributed by atoms with Gasteiger partial charge in [-0.3, -0.25) is 9.59 Å². The Balaban J connectivity index is 2.07. The zero-order valence-electron chi connectivity index (χ0n) is 17.2. The molecule has 0 unspecified atom stereocenters. The maximum atomic E-state index is 13.1. The van der Waals surface area contributed by atoms with Gasteiger partial charge in [0.25, 0.3) is 0 Å². The van der Waals surface area contributed by atoms with Gasteiger partial charge in [0, 0.05) is 38.3 Å². The summed E-state index contributed by atoms with van der Waals surface area (Å²) in [4.78, 5) is 30.1. The number of thiophene rings is 1. The molecule has 1 aromatic carbocycles. The molecule has 0 atom stereocenters. The normalized spacial score (nSPS) is 10.7. The molecule has 158 valence electrons. The fourth-order valence-electron chi connectivity index (χ4n) is 2.90. The summed E-state index contributed by atoms with van der Waals surface area (Å²) >= 11 is 1.62. The van der Waals surface area contributed by atoms with E-state index in [-0.39, 0.29) is 25.0 Å².